The predicted molar refractivity (Wildman–Crippen MR) is 74.6 cm³/mol. The largest absolute Gasteiger partial charge is 0.388 e. The second kappa shape index (κ2) is 5.44. The summed E-state index contributed by atoms with van der Waals surface area (Å²) in [7, 11) is 0. The van der Waals surface area contributed by atoms with Crippen LogP contribution in [0.15, 0.2) is 18.2 Å². The van der Waals surface area contributed by atoms with Crippen molar-refractivity contribution in [2.45, 2.75) is 63.9 Å². The number of rotatable bonds is 4. The second-order valence-corrected chi connectivity index (χ2v) is 6.13. The van der Waals surface area contributed by atoms with Crippen LogP contribution in [-0.4, -0.2) is 5.11 Å². The van der Waals surface area contributed by atoms with E-state index in [0.717, 1.165) is 17.9 Å². The Kier molecular flexibility index (Phi) is 3.69. The topological polar surface area (TPSA) is 20.2 Å². The summed E-state index contributed by atoms with van der Waals surface area (Å²) in [5.74, 6) is 0.883. The molecule has 18 heavy (non-hydrogen) atoms. The van der Waals surface area contributed by atoms with Crippen molar-refractivity contribution in [1.82, 2.24) is 0 Å². The summed E-state index contributed by atoms with van der Waals surface area (Å²) < 4.78 is 0. The van der Waals surface area contributed by atoms with Crippen LogP contribution in [0, 0.1) is 5.92 Å². The SMILES string of the molecule is OC(CCC1CCCC1)c1ccc2c(c1)CCC2. The van der Waals surface area contributed by atoms with E-state index in [9.17, 15) is 5.11 Å². The van der Waals surface area contributed by atoms with Gasteiger partial charge in [-0.15, -0.1) is 0 Å². The van der Waals surface area contributed by atoms with Gasteiger partial charge < -0.3 is 5.11 Å². The van der Waals surface area contributed by atoms with Crippen LogP contribution in [0.2, 0.25) is 0 Å². The molecule has 0 saturated heterocycles. The van der Waals surface area contributed by atoms with E-state index in [-0.39, 0.29) is 6.10 Å². The Morgan fingerprint density at radius 3 is 2.67 bits per heavy atom. The molecule has 1 saturated carbocycles. The molecule has 0 spiro atoms. The number of hydrogen-bond acceptors (Lipinski definition) is 1. The van der Waals surface area contributed by atoms with E-state index in [2.05, 4.69) is 18.2 Å². The molecule has 0 amide bonds. The molecule has 1 aromatic carbocycles. The maximum Gasteiger partial charge on any atom is 0.0790 e. The average Bonchev–Trinajstić information content (AvgIpc) is 3.05. The van der Waals surface area contributed by atoms with Crippen LogP contribution in [0.5, 0.6) is 0 Å². The minimum atomic E-state index is -0.239. The summed E-state index contributed by atoms with van der Waals surface area (Å²) in [6.45, 7) is 0. The van der Waals surface area contributed by atoms with Gasteiger partial charge in [0.2, 0.25) is 0 Å². The number of aliphatic hydroxyl groups is 1. The summed E-state index contributed by atoms with van der Waals surface area (Å²) in [5, 5.41) is 10.3. The molecule has 1 unspecified atom stereocenters. The molecule has 1 nitrogen and oxygen atoms in total. The molecule has 0 bridgehead atoms. The maximum atomic E-state index is 10.3. The molecular weight excluding hydrogens is 220 g/mol. The molecule has 0 heterocycles. The lowest BCUT2D eigenvalue weighted by Crippen LogP contribution is -2.02. The summed E-state index contributed by atoms with van der Waals surface area (Å²) in [4.78, 5) is 0. The average molecular weight is 244 g/mol. The van der Waals surface area contributed by atoms with Gasteiger partial charge in [0, 0.05) is 0 Å². The van der Waals surface area contributed by atoms with Crippen molar-refractivity contribution in [2.75, 3.05) is 0 Å². The van der Waals surface area contributed by atoms with Crippen molar-refractivity contribution in [3.8, 4) is 0 Å². The van der Waals surface area contributed by atoms with Crippen LogP contribution in [0.25, 0.3) is 0 Å². The minimum absolute atomic E-state index is 0.239. The first-order valence-electron chi connectivity index (χ1n) is 7.63. The summed E-state index contributed by atoms with van der Waals surface area (Å²) in [6.07, 6.45) is 11.2. The van der Waals surface area contributed by atoms with Gasteiger partial charge in [0.25, 0.3) is 0 Å². The lowest BCUT2D eigenvalue weighted by Gasteiger charge is -2.15. The molecule has 0 aromatic heterocycles. The summed E-state index contributed by atoms with van der Waals surface area (Å²) >= 11 is 0. The van der Waals surface area contributed by atoms with Crippen molar-refractivity contribution in [2.24, 2.45) is 5.92 Å². The lowest BCUT2D eigenvalue weighted by molar-refractivity contribution is 0.157. The maximum absolute atomic E-state index is 10.3. The molecule has 1 aromatic rings. The zero-order valence-electron chi connectivity index (χ0n) is 11.2. The zero-order chi connectivity index (χ0) is 12.4. The Morgan fingerprint density at radius 2 is 1.83 bits per heavy atom. The highest BCUT2D eigenvalue weighted by Gasteiger charge is 2.18. The van der Waals surface area contributed by atoms with Crippen molar-refractivity contribution in [3.05, 3.63) is 34.9 Å². The molecular formula is C17H24O. The van der Waals surface area contributed by atoms with Gasteiger partial charge >= 0.3 is 0 Å². The first kappa shape index (κ1) is 12.2. The number of fused-ring (bicyclic) bond motifs is 1. The molecule has 0 radical (unpaired) electrons. The zero-order valence-corrected chi connectivity index (χ0v) is 11.2. The normalized spacial score (nSPS) is 21.2. The van der Waals surface area contributed by atoms with Gasteiger partial charge in [0.1, 0.15) is 0 Å². The molecule has 98 valence electrons. The highest BCUT2D eigenvalue weighted by atomic mass is 16.3. The van der Waals surface area contributed by atoms with Gasteiger partial charge in [-0.05, 0) is 54.7 Å². The summed E-state index contributed by atoms with van der Waals surface area (Å²) in [6, 6.07) is 6.63. The predicted octanol–water partition coefficient (Wildman–Crippen LogP) is 4.18. The van der Waals surface area contributed by atoms with Gasteiger partial charge in [-0.3, -0.25) is 0 Å². The van der Waals surface area contributed by atoms with E-state index in [0.29, 0.717) is 0 Å². The van der Waals surface area contributed by atoms with Crippen LogP contribution in [0.1, 0.15) is 67.7 Å². The first-order chi connectivity index (χ1) is 8.83. The van der Waals surface area contributed by atoms with Crippen LogP contribution in [-0.2, 0) is 12.8 Å². The third-order valence-corrected chi connectivity index (χ3v) is 4.83. The fourth-order valence-electron chi connectivity index (χ4n) is 3.66. The summed E-state index contributed by atoms with van der Waals surface area (Å²) in [5.41, 5.74) is 4.13. The molecule has 2 aliphatic rings. The van der Waals surface area contributed by atoms with Crippen LogP contribution in [0.4, 0.5) is 0 Å². The third kappa shape index (κ3) is 2.61. The molecule has 1 heteroatoms. The van der Waals surface area contributed by atoms with Crippen molar-refractivity contribution in [3.63, 3.8) is 0 Å². The van der Waals surface area contributed by atoms with Crippen molar-refractivity contribution < 1.29 is 5.11 Å². The van der Waals surface area contributed by atoms with Crippen LogP contribution < -0.4 is 0 Å². The highest BCUT2D eigenvalue weighted by Crippen LogP contribution is 2.32. The van der Waals surface area contributed by atoms with Gasteiger partial charge in [-0.1, -0.05) is 43.9 Å². The Balaban J connectivity index is 1.59. The van der Waals surface area contributed by atoms with E-state index in [1.54, 1.807) is 0 Å². The van der Waals surface area contributed by atoms with Crippen molar-refractivity contribution in [1.29, 1.82) is 0 Å². The molecule has 0 aliphatic heterocycles. The number of aliphatic hydroxyl groups excluding tert-OH is 1. The Labute approximate surface area is 110 Å². The smallest absolute Gasteiger partial charge is 0.0790 e. The fraction of sp³-hybridized carbons (Fsp3) is 0.647. The molecule has 2 aliphatic carbocycles. The standard InChI is InChI=1S/C17H24O/c18-17(11-8-13-4-1-2-5-13)16-10-9-14-6-3-7-15(14)12-16/h9-10,12-13,17-18H,1-8,11H2. The fourth-order valence-corrected chi connectivity index (χ4v) is 3.66. The molecule has 1 N–H and O–H groups in total. The van der Waals surface area contributed by atoms with E-state index >= 15 is 0 Å². The monoisotopic (exact) mass is 244 g/mol. The number of hydrogen-bond donors (Lipinski definition) is 1. The van der Waals surface area contributed by atoms with Crippen LogP contribution in [0.3, 0.4) is 0 Å². The van der Waals surface area contributed by atoms with Gasteiger partial charge in [0.15, 0.2) is 0 Å². The van der Waals surface area contributed by atoms with Crippen molar-refractivity contribution >= 4 is 0 Å². The van der Waals surface area contributed by atoms with E-state index in [1.165, 1.54) is 62.5 Å². The lowest BCUT2D eigenvalue weighted by atomic mass is 9.95. The molecule has 3 rings (SSSR count). The highest BCUT2D eigenvalue weighted by molar-refractivity contribution is 5.36. The van der Waals surface area contributed by atoms with Gasteiger partial charge in [-0.2, -0.15) is 0 Å². The number of aryl methyl sites for hydroxylation is 2. The number of benzene rings is 1. The van der Waals surface area contributed by atoms with Gasteiger partial charge in [-0.25, -0.2) is 0 Å². The van der Waals surface area contributed by atoms with E-state index in [1.807, 2.05) is 0 Å². The van der Waals surface area contributed by atoms with Crippen LogP contribution >= 0.6 is 0 Å². The molecule has 1 fully saturated rings. The Hall–Kier alpha value is -0.820. The van der Waals surface area contributed by atoms with E-state index in [4.69, 9.17) is 0 Å². The quantitative estimate of drug-likeness (QED) is 0.842. The Bertz CT molecular complexity index is 404. The minimum Gasteiger partial charge on any atom is -0.388 e. The molecule has 1 atom stereocenters. The Morgan fingerprint density at radius 1 is 1.06 bits per heavy atom. The van der Waals surface area contributed by atoms with E-state index < -0.39 is 0 Å². The first-order valence-corrected chi connectivity index (χ1v) is 7.63. The third-order valence-electron chi connectivity index (χ3n) is 4.83. The van der Waals surface area contributed by atoms with Gasteiger partial charge in [0.05, 0.1) is 6.10 Å². The second-order valence-electron chi connectivity index (χ2n) is 6.13.